The van der Waals surface area contributed by atoms with Crippen LogP contribution in [0.25, 0.3) is 11.5 Å². The first kappa shape index (κ1) is 15.1. The van der Waals surface area contributed by atoms with Crippen molar-refractivity contribution in [1.82, 2.24) is 10.1 Å². The van der Waals surface area contributed by atoms with Crippen LogP contribution in [0.15, 0.2) is 51.9 Å². The molecule has 1 aliphatic heterocycles. The largest absolute Gasteiger partial charge is 0.486 e. The molecule has 0 bridgehead atoms. The van der Waals surface area contributed by atoms with E-state index >= 15 is 0 Å². The van der Waals surface area contributed by atoms with Crippen LogP contribution in [0.4, 0.5) is 0 Å². The second-order valence-electron chi connectivity index (χ2n) is 5.48. The maximum atomic E-state index is 5.60. The van der Waals surface area contributed by atoms with Crippen LogP contribution in [0.1, 0.15) is 11.4 Å². The number of benzene rings is 2. The molecule has 122 valence electrons. The molecule has 1 aromatic heterocycles. The van der Waals surface area contributed by atoms with Crippen LogP contribution in [0, 0.1) is 6.92 Å². The van der Waals surface area contributed by atoms with Gasteiger partial charge in [-0.1, -0.05) is 22.9 Å². The van der Waals surface area contributed by atoms with Gasteiger partial charge < -0.3 is 14.0 Å². The number of fused-ring (bicyclic) bond motifs is 1. The zero-order valence-electron chi connectivity index (χ0n) is 13.2. The molecule has 24 heavy (non-hydrogen) atoms. The molecule has 0 amide bonds. The van der Waals surface area contributed by atoms with Gasteiger partial charge in [0.15, 0.2) is 17.3 Å². The Hall–Kier alpha value is -2.47. The van der Waals surface area contributed by atoms with Gasteiger partial charge >= 0.3 is 0 Å². The van der Waals surface area contributed by atoms with Gasteiger partial charge in [-0.3, -0.25) is 0 Å². The van der Waals surface area contributed by atoms with Crippen molar-refractivity contribution in [2.75, 3.05) is 13.2 Å². The summed E-state index contributed by atoms with van der Waals surface area (Å²) in [6.07, 6.45) is 0. The first-order valence-electron chi connectivity index (χ1n) is 7.70. The van der Waals surface area contributed by atoms with Crippen LogP contribution >= 0.6 is 11.8 Å². The molecule has 2 heterocycles. The van der Waals surface area contributed by atoms with Crippen molar-refractivity contribution >= 4 is 11.8 Å². The first-order valence-corrected chi connectivity index (χ1v) is 8.68. The second-order valence-corrected chi connectivity index (χ2v) is 6.52. The topological polar surface area (TPSA) is 57.4 Å². The number of rotatable bonds is 4. The number of nitrogens with zero attached hydrogens (tertiary/aromatic N) is 2. The molecule has 1 aliphatic rings. The molecule has 2 aromatic carbocycles. The van der Waals surface area contributed by atoms with Gasteiger partial charge in [0.2, 0.25) is 0 Å². The van der Waals surface area contributed by atoms with E-state index in [2.05, 4.69) is 10.1 Å². The van der Waals surface area contributed by atoms with Crippen LogP contribution in [0.3, 0.4) is 0 Å². The number of aromatic nitrogens is 2. The summed E-state index contributed by atoms with van der Waals surface area (Å²) in [5.41, 5.74) is 2.14. The molecule has 0 N–H and O–H groups in total. The van der Waals surface area contributed by atoms with E-state index in [1.54, 1.807) is 11.8 Å². The van der Waals surface area contributed by atoms with Crippen LogP contribution in [0.5, 0.6) is 11.5 Å². The summed E-state index contributed by atoms with van der Waals surface area (Å²) in [6, 6.07) is 14.0. The van der Waals surface area contributed by atoms with E-state index in [-0.39, 0.29) is 0 Å². The fourth-order valence-electron chi connectivity index (χ4n) is 2.39. The van der Waals surface area contributed by atoms with Crippen molar-refractivity contribution in [3.8, 4) is 23.0 Å². The maximum Gasteiger partial charge on any atom is 0.257 e. The van der Waals surface area contributed by atoms with Gasteiger partial charge in [0.05, 0.1) is 5.75 Å². The zero-order chi connectivity index (χ0) is 16.4. The van der Waals surface area contributed by atoms with E-state index in [1.807, 2.05) is 49.4 Å². The lowest BCUT2D eigenvalue weighted by atomic mass is 10.1. The molecule has 3 aromatic rings. The molecule has 0 saturated carbocycles. The lowest BCUT2D eigenvalue weighted by Crippen LogP contribution is -2.15. The molecule has 0 unspecified atom stereocenters. The monoisotopic (exact) mass is 340 g/mol. The van der Waals surface area contributed by atoms with Gasteiger partial charge in [-0.25, -0.2) is 0 Å². The quantitative estimate of drug-likeness (QED) is 0.666. The summed E-state index contributed by atoms with van der Waals surface area (Å²) in [4.78, 5) is 5.54. The van der Waals surface area contributed by atoms with Gasteiger partial charge in [0.1, 0.15) is 13.2 Å². The number of hydrogen-bond donors (Lipinski definition) is 0. The molecule has 6 heteroatoms. The third-order valence-electron chi connectivity index (χ3n) is 3.65. The fourth-order valence-corrected chi connectivity index (χ4v) is 3.15. The molecular weight excluding hydrogens is 324 g/mol. The third kappa shape index (κ3) is 3.23. The molecule has 0 saturated heterocycles. The van der Waals surface area contributed by atoms with Crippen LogP contribution in [-0.2, 0) is 5.75 Å². The van der Waals surface area contributed by atoms with Crippen molar-refractivity contribution in [2.45, 2.75) is 17.6 Å². The van der Waals surface area contributed by atoms with Crippen molar-refractivity contribution in [1.29, 1.82) is 0 Å². The minimum Gasteiger partial charge on any atom is -0.486 e. The van der Waals surface area contributed by atoms with E-state index in [9.17, 15) is 0 Å². The summed E-state index contributed by atoms with van der Waals surface area (Å²) in [5.74, 6) is 3.44. The number of aryl methyl sites for hydroxylation is 1. The molecular formula is C18H16N2O3S. The summed E-state index contributed by atoms with van der Waals surface area (Å²) in [5, 5.41) is 4.05. The standard InChI is InChI=1S/C18H16N2O3S/c1-12-2-4-13(5-3-12)18-19-17(20-23-18)11-24-14-6-7-15-16(10-14)22-9-8-21-15/h2-7,10H,8-9,11H2,1H3. The summed E-state index contributed by atoms with van der Waals surface area (Å²) >= 11 is 1.64. The highest BCUT2D eigenvalue weighted by Gasteiger charge is 2.13. The molecule has 0 spiro atoms. The number of thioether (sulfide) groups is 1. The Labute approximate surface area is 144 Å². The van der Waals surface area contributed by atoms with Gasteiger partial charge in [-0.05, 0) is 37.3 Å². The van der Waals surface area contributed by atoms with Gasteiger partial charge in [-0.15, -0.1) is 11.8 Å². The minimum atomic E-state index is 0.549. The minimum absolute atomic E-state index is 0.549. The Kier molecular flexibility index (Phi) is 4.13. The fraction of sp³-hybridized carbons (Fsp3) is 0.222. The van der Waals surface area contributed by atoms with Crippen LogP contribution in [0.2, 0.25) is 0 Å². The average Bonchev–Trinajstić information content (AvgIpc) is 3.09. The normalized spacial score (nSPS) is 13.0. The molecule has 0 atom stereocenters. The Bertz CT molecular complexity index is 846. The third-order valence-corrected chi connectivity index (χ3v) is 4.64. The Morgan fingerprint density at radius 3 is 2.62 bits per heavy atom. The first-order chi connectivity index (χ1) is 11.8. The Balaban J connectivity index is 1.44. The van der Waals surface area contributed by atoms with E-state index in [1.165, 1.54) is 5.56 Å². The van der Waals surface area contributed by atoms with Crippen LogP contribution in [-0.4, -0.2) is 23.4 Å². The maximum absolute atomic E-state index is 5.60. The summed E-state index contributed by atoms with van der Waals surface area (Å²) in [7, 11) is 0. The summed E-state index contributed by atoms with van der Waals surface area (Å²) in [6.45, 7) is 3.24. The highest BCUT2D eigenvalue weighted by atomic mass is 32.2. The molecule has 0 fully saturated rings. The number of hydrogen-bond acceptors (Lipinski definition) is 6. The average molecular weight is 340 g/mol. The zero-order valence-corrected chi connectivity index (χ0v) is 14.0. The molecule has 5 nitrogen and oxygen atoms in total. The summed E-state index contributed by atoms with van der Waals surface area (Å²) < 4.78 is 16.5. The van der Waals surface area contributed by atoms with E-state index in [4.69, 9.17) is 14.0 Å². The van der Waals surface area contributed by atoms with Crippen LogP contribution < -0.4 is 9.47 Å². The number of ether oxygens (including phenoxy) is 2. The molecule has 0 aliphatic carbocycles. The van der Waals surface area contributed by atoms with Gasteiger partial charge in [0, 0.05) is 10.5 Å². The SMILES string of the molecule is Cc1ccc(-c2nc(CSc3ccc4c(c3)OCCO4)no2)cc1. The predicted molar refractivity (Wildman–Crippen MR) is 91.5 cm³/mol. The van der Waals surface area contributed by atoms with Gasteiger partial charge in [0.25, 0.3) is 5.89 Å². The van der Waals surface area contributed by atoms with Crippen molar-refractivity contribution in [3.63, 3.8) is 0 Å². The van der Waals surface area contributed by atoms with E-state index in [0.717, 1.165) is 22.0 Å². The van der Waals surface area contributed by atoms with Crippen molar-refractivity contribution < 1.29 is 14.0 Å². The smallest absolute Gasteiger partial charge is 0.257 e. The van der Waals surface area contributed by atoms with Crippen molar-refractivity contribution in [3.05, 3.63) is 53.9 Å². The predicted octanol–water partition coefficient (Wildman–Crippen LogP) is 4.11. The highest BCUT2D eigenvalue weighted by Crippen LogP contribution is 2.35. The Morgan fingerprint density at radius 1 is 1.00 bits per heavy atom. The lowest BCUT2D eigenvalue weighted by Gasteiger charge is -2.18. The highest BCUT2D eigenvalue weighted by molar-refractivity contribution is 7.98. The lowest BCUT2D eigenvalue weighted by molar-refractivity contribution is 0.171. The van der Waals surface area contributed by atoms with Crippen molar-refractivity contribution in [2.24, 2.45) is 0 Å². The van der Waals surface area contributed by atoms with E-state index in [0.29, 0.717) is 30.7 Å². The van der Waals surface area contributed by atoms with E-state index < -0.39 is 0 Å². The van der Waals surface area contributed by atoms with Gasteiger partial charge in [-0.2, -0.15) is 4.98 Å². The second kappa shape index (κ2) is 6.57. The Morgan fingerprint density at radius 2 is 1.79 bits per heavy atom. The molecule has 4 rings (SSSR count). The molecule has 0 radical (unpaired) electrons.